The van der Waals surface area contributed by atoms with Crippen molar-refractivity contribution in [3.63, 3.8) is 0 Å². The number of hydrogen-bond acceptors (Lipinski definition) is 3. The van der Waals surface area contributed by atoms with Gasteiger partial charge < -0.3 is 4.42 Å². The highest BCUT2D eigenvalue weighted by Gasteiger charge is 2.21. The summed E-state index contributed by atoms with van der Waals surface area (Å²) < 4.78 is 5.10. The van der Waals surface area contributed by atoms with Gasteiger partial charge in [-0.1, -0.05) is 17.7 Å². The van der Waals surface area contributed by atoms with Gasteiger partial charge in [-0.2, -0.15) is 0 Å². The first kappa shape index (κ1) is 13.9. The molecule has 0 fully saturated rings. The fourth-order valence-corrected chi connectivity index (χ4v) is 2.41. The second-order valence-electron chi connectivity index (χ2n) is 4.25. The molecule has 0 saturated heterocycles. The molecule has 2 rings (SSSR count). The molecule has 6 heteroatoms. The van der Waals surface area contributed by atoms with Gasteiger partial charge in [0.15, 0.2) is 0 Å². The zero-order chi connectivity index (χ0) is 14.2. The van der Waals surface area contributed by atoms with Crippen molar-refractivity contribution in [2.24, 2.45) is 0 Å². The number of furan rings is 1. The van der Waals surface area contributed by atoms with Crippen molar-refractivity contribution in [1.82, 2.24) is 0 Å². The van der Waals surface area contributed by atoms with Gasteiger partial charge in [0.25, 0.3) is 0 Å². The van der Waals surface area contributed by atoms with Gasteiger partial charge in [-0.25, -0.2) is 0 Å². The number of hydrogen-bond donors (Lipinski definition) is 0. The summed E-state index contributed by atoms with van der Waals surface area (Å²) in [6.45, 7) is 3.90. The molecule has 1 atom stereocenters. The van der Waals surface area contributed by atoms with Gasteiger partial charge in [-0.15, -0.1) is 11.6 Å². The third kappa shape index (κ3) is 2.74. The molecule has 1 aromatic heterocycles. The van der Waals surface area contributed by atoms with Crippen LogP contribution in [0.3, 0.4) is 0 Å². The first-order valence-corrected chi connectivity index (χ1v) is 6.36. The van der Waals surface area contributed by atoms with E-state index in [4.69, 9.17) is 27.6 Å². The van der Waals surface area contributed by atoms with Crippen LogP contribution in [0.2, 0.25) is 5.02 Å². The van der Waals surface area contributed by atoms with Gasteiger partial charge >= 0.3 is 5.88 Å². The van der Waals surface area contributed by atoms with E-state index in [0.717, 1.165) is 11.1 Å². The fraction of sp³-hybridized carbons (Fsp3) is 0.231. The van der Waals surface area contributed by atoms with Crippen molar-refractivity contribution in [3.05, 3.63) is 61.9 Å². The summed E-state index contributed by atoms with van der Waals surface area (Å²) >= 11 is 12.4. The van der Waals surface area contributed by atoms with E-state index >= 15 is 0 Å². The third-order valence-electron chi connectivity index (χ3n) is 2.93. The highest BCUT2D eigenvalue weighted by Crippen LogP contribution is 2.36. The Morgan fingerprint density at radius 3 is 2.47 bits per heavy atom. The average molecular weight is 300 g/mol. The smallest absolute Gasteiger partial charge is 0.404 e. The lowest BCUT2D eigenvalue weighted by Crippen LogP contribution is -1.95. The van der Waals surface area contributed by atoms with Crippen LogP contribution in [0.1, 0.15) is 27.8 Å². The molecule has 0 saturated carbocycles. The van der Waals surface area contributed by atoms with Crippen molar-refractivity contribution < 1.29 is 9.34 Å². The normalized spacial score (nSPS) is 12.4. The maximum absolute atomic E-state index is 10.6. The molecule has 19 heavy (non-hydrogen) atoms. The Labute approximate surface area is 120 Å². The predicted octanol–water partition coefficient (Wildman–Crippen LogP) is 4.79. The number of nitro groups is 1. The summed E-state index contributed by atoms with van der Waals surface area (Å²) in [6.07, 6.45) is 0. The molecule has 1 unspecified atom stereocenters. The number of benzene rings is 1. The second-order valence-corrected chi connectivity index (χ2v) is 5.10. The summed E-state index contributed by atoms with van der Waals surface area (Å²) in [5.41, 5.74) is 2.78. The van der Waals surface area contributed by atoms with E-state index in [1.165, 1.54) is 12.1 Å². The molecule has 100 valence electrons. The lowest BCUT2D eigenvalue weighted by molar-refractivity contribution is -0.402. The van der Waals surface area contributed by atoms with Crippen LogP contribution >= 0.6 is 23.2 Å². The van der Waals surface area contributed by atoms with Gasteiger partial charge in [-0.3, -0.25) is 10.1 Å². The van der Waals surface area contributed by atoms with Crippen molar-refractivity contribution in [2.45, 2.75) is 19.2 Å². The molecule has 1 heterocycles. The summed E-state index contributed by atoms with van der Waals surface area (Å²) in [5, 5.41) is 10.4. The van der Waals surface area contributed by atoms with Crippen LogP contribution in [0, 0.1) is 24.0 Å². The van der Waals surface area contributed by atoms with Gasteiger partial charge in [0.05, 0.1) is 6.07 Å². The molecule has 0 bridgehead atoms. The summed E-state index contributed by atoms with van der Waals surface area (Å²) in [7, 11) is 0. The van der Waals surface area contributed by atoms with Gasteiger partial charge in [-0.05, 0) is 42.7 Å². The summed E-state index contributed by atoms with van der Waals surface area (Å²) in [5.74, 6) is -0.0286. The van der Waals surface area contributed by atoms with Crippen molar-refractivity contribution in [3.8, 4) is 0 Å². The van der Waals surface area contributed by atoms with E-state index in [-0.39, 0.29) is 5.88 Å². The molecule has 0 amide bonds. The predicted molar refractivity (Wildman–Crippen MR) is 74.0 cm³/mol. The molecule has 0 aliphatic carbocycles. The Bertz CT molecular complexity index is 637. The minimum atomic E-state index is -0.652. The Balaban J connectivity index is 2.40. The highest BCUT2D eigenvalue weighted by molar-refractivity contribution is 6.33. The number of halogens is 2. The topological polar surface area (TPSA) is 56.3 Å². The zero-order valence-corrected chi connectivity index (χ0v) is 11.8. The molecule has 0 aliphatic rings. The van der Waals surface area contributed by atoms with Gasteiger partial charge in [0, 0.05) is 5.02 Å². The summed E-state index contributed by atoms with van der Waals surface area (Å²) in [6, 6.07) is 6.45. The molecular formula is C13H11Cl2NO3. The van der Waals surface area contributed by atoms with Crippen molar-refractivity contribution in [1.29, 1.82) is 0 Å². The van der Waals surface area contributed by atoms with E-state index in [2.05, 4.69) is 0 Å². The molecule has 0 N–H and O–H groups in total. The van der Waals surface area contributed by atoms with Crippen molar-refractivity contribution >= 4 is 29.1 Å². The standard InChI is InChI=1S/C13H11Cl2NO3/c1-7-5-9(10(14)6-8(7)2)13(15)11-3-4-12(19-11)16(17)18/h3-6,13H,1-2H3. The Hall–Kier alpha value is -1.52. The second kappa shape index (κ2) is 5.23. The fourth-order valence-electron chi connectivity index (χ4n) is 1.73. The van der Waals surface area contributed by atoms with Crippen LogP contribution < -0.4 is 0 Å². The Morgan fingerprint density at radius 2 is 1.89 bits per heavy atom. The monoisotopic (exact) mass is 299 g/mol. The minimum absolute atomic E-state index is 0.304. The molecule has 2 aromatic rings. The number of alkyl halides is 1. The molecule has 1 aromatic carbocycles. The Kier molecular flexibility index (Phi) is 3.83. The third-order valence-corrected chi connectivity index (χ3v) is 3.71. The molecular weight excluding hydrogens is 289 g/mol. The Morgan fingerprint density at radius 1 is 1.26 bits per heavy atom. The van der Waals surface area contributed by atoms with Crippen LogP contribution in [0.25, 0.3) is 0 Å². The lowest BCUT2D eigenvalue weighted by atomic mass is 10.0. The van der Waals surface area contributed by atoms with E-state index in [1.807, 2.05) is 26.0 Å². The largest absolute Gasteiger partial charge is 0.433 e. The van der Waals surface area contributed by atoms with Crippen LogP contribution in [-0.4, -0.2) is 4.92 Å². The lowest BCUT2D eigenvalue weighted by Gasteiger charge is -2.11. The number of rotatable bonds is 3. The van der Waals surface area contributed by atoms with E-state index in [9.17, 15) is 10.1 Å². The maximum Gasteiger partial charge on any atom is 0.433 e. The average Bonchev–Trinajstić information content (AvgIpc) is 2.82. The summed E-state index contributed by atoms with van der Waals surface area (Å²) in [4.78, 5) is 9.98. The van der Waals surface area contributed by atoms with E-state index < -0.39 is 10.3 Å². The van der Waals surface area contributed by atoms with Crippen molar-refractivity contribution in [2.75, 3.05) is 0 Å². The van der Waals surface area contributed by atoms with E-state index in [0.29, 0.717) is 16.3 Å². The first-order chi connectivity index (χ1) is 8.90. The molecule has 0 radical (unpaired) electrons. The number of aryl methyl sites for hydroxylation is 2. The highest BCUT2D eigenvalue weighted by atomic mass is 35.5. The van der Waals surface area contributed by atoms with Crippen LogP contribution in [-0.2, 0) is 0 Å². The van der Waals surface area contributed by atoms with Crippen LogP contribution in [0.5, 0.6) is 0 Å². The molecule has 4 nitrogen and oxygen atoms in total. The number of nitrogens with zero attached hydrogens (tertiary/aromatic N) is 1. The molecule has 0 aliphatic heterocycles. The van der Waals surface area contributed by atoms with E-state index in [1.54, 1.807) is 0 Å². The quantitative estimate of drug-likeness (QED) is 0.465. The van der Waals surface area contributed by atoms with Crippen LogP contribution in [0.15, 0.2) is 28.7 Å². The minimum Gasteiger partial charge on any atom is -0.404 e. The zero-order valence-electron chi connectivity index (χ0n) is 10.3. The molecule has 0 spiro atoms. The first-order valence-electron chi connectivity index (χ1n) is 5.55. The van der Waals surface area contributed by atoms with Gasteiger partial charge in [0.1, 0.15) is 16.1 Å². The van der Waals surface area contributed by atoms with Crippen LogP contribution in [0.4, 0.5) is 5.88 Å². The SMILES string of the molecule is Cc1cc(Cl)c(C(Cl)c2ccc([N+](=O)[O-])o2)cc1C. The van der Waals surface area contributed by atoms with Gasteiger partial charge in [0.2, 0.25) is 0 Å². The maximum atomic E-state index is 10.6.